The van der Waals surface area contributed by atoms with Crippen molar-refractivity contribution < 1.29 is 29.0 Å². The first-order valence-electron chi connectivity index (χ1n) is 7.36. The molecule has 1 fully saturated rings. The number of esters is 1. The minimum Gasteiger partial charge on any atom is -0.465 e. The maximum atomic E-state index is 12.2. The van der Waals surface area contributed by atoms with E-state index in [9.17, 15) is 19.5 Å². The molecule has 0 radical (unpaired) electrons. The van der Waals surface area contributed by atoms with Crippen LogP contribution in [-0.2, 0) is 14.3 Å². The molecule has 1 N–H and O–H groups in total. The number of methoxy groups -OCH3 is 1. The number of rotatable bonds is 6. The van der Waals surface area contributed by atoms with Crippen molar-refractivity contribution in [2.24, 2.45) is 5.92 Å². The maximum Gasteiger partial charge on any atom is 0.408 e. The lowest BCUT2D eigenvalue weighted by Crippen LogP contribution is -2.41. The highest BCUT2D eigenvalue weighted by Crippen LogP contribution is 2.24. The molecule has 1 aromatic carbocycles. The summed E-state index contributed by atoms with van der Waals surface area (Å²) >= 11 is 3.27. The fourth-order valence-electron chi connectivity index (χ4n) is 2.67. The van der Waals surface area contributed by atoms with Gasteiger partial charge in [0.05, 0.1) is 6.61 Å². The number of benzene rings is 1. The summed E-state index contributed by atoms with van der Waals surface area (Å²) in [6.07, 6.45) is -0.861. The summed E-state index contributed by atoms with van der Waals surface area (Å²) in [4.78, 5) is 36.5. The second-order valence-electron chi connectivity index (χ2n) is 5.55. The number of carbonyl (C=O) groups excluding carboxylic acids is 2. The highest BCUT2D eigenvalue weighted by atomic mass is 79.9. The summed E-state index contributed by atoms with van der Waals surface area (Å²) in [7, 11) is 1.52. The number of hydrogen-bond acceptors (Lipinski definition) is 5. The predicted molar refractivity (Wildman–Crippen MR) is 87.9 cm³/mol. The lowest BCUT2D eigenvalue weighted by molar-refractivity contribution is -0.147. The van der Waals surface area contributed by atoms with Gasteiger partial charge in [-0.3, -0.25) is 9.69 Å². The van der Waals surface area contributed by atoms with E-state index in [1.807, 2.05) is 0 Å². The van der Waals surface area contributed by atoms with Gasteiger partial charge >= 0.3 is 12.1 Å². The van der Waals surface area contributed by atoms with Crippen molar-refractivity contribution in [3.05, 3.63) is 34.3 Å². The molecule has 2 atom stereocenters. The molecule has 7 nitrogen and oxygen atoms in total. The molecule has 1 amide bonds. The van der Waals surface area contributed by atoms with E-state index < -0.39 is 24.7 Å². The first-order chi connectivity index (χ1) is 11.4. The standard InChI is InChI=1S/C16H18BrNO6/c1-23-8-10-6-13(18(7-10)16(21)22)15(20)24-9-14(19)11-2-4-12(17)5-3-11/h2-5,10,13H,6-9H2,1H3,(H,21,22)/t10-,13-/m0/s1. The van der Waals surface area contributed by atoms with Crippen LogP contribution in [0.1, 0.15) is 16.8 Å². The van der Waals surface area contributed by atoms with E-state index in [1.54, 1.807) is 24.3 Å². The molecule has 0 saturated carbocycles. The van der Waals surface area contributed by atoms with Gasteiger partial charge in [-0.1, -0.05) is 28.1 Å². The van der Waals surface area contributed by atoms with Gasteiger partial charge in [-0.15, -0.1) is 0 Å². The number of likely N-dealkylation sites (tertiary alicyclic amines) is 1. The van der Waals surface area contributed by atoms with Crippen LogP contribution in [0.5, 0.6) is 0 Å². The zero-order valence-corrected chi connectivity index (χ0v) is 14.7. The van der Waals surface area contributed by atoms with E-state index in [0.717, 1.165) is 9.37 Å². The molecule has 0 aromatic heterocycles. The Morgan fingerprint density at radius 2 is 1.96 bits per heavy atom. The highest BCUT2D eigenvalue weighted by molar-refractivity contribution is 9.10. The van der Waals surface area contributed by atoms with E-state index in [2.05, 4.69) is 15.9 Å². The van der Waals surface area contributed by atoms with Crippen molar-refractivity contribution >= 4 is 33.8 Å². The molecule has 0 unspecified atom stereocenters. The second-order valence-corrected chi connectivity index (χ2v) is 6.46. The van der Waals surface area contributed by atoms with Crippen LogP contribution in [0.25, 0.3) is 0 Å². The van der Waals surface area contributed by atoms with Crippen LogP contribution in [-0.4, -0.2) is 60.8 Å². The van der Waals surface area contributed by atoms with Crippen molar-refractivity contribution in [3.8, 4) is 0 Å². The summed E-state index contributed by atoms with van der Waals surface area (Å²) in [5, 5.41) is 9.21. The number of halogens is 1. The summed E-state index contributed by atoms with van der Waals surface area (Å²) in [6.45, 7) is 0.161. The topological polar surface area (TPSA) is 93.1 Å². The van der Waals surface area contributed by atoms with Crippen molar-refractivity contribution in [1.29, 1.82) is 0 Å². The van der Waals surface area contributed by atoms with Gasteiger partial charge in [-0.25, -0.2) is 9.59 Å². The van der Waals surface area contributed by atoms with Crippen molar-refractivity contribution in [2.45, 2.75) is 12.5 Å². The van der Waals surface area contributed by atoms with Crippen LogP contribution in [0, 0.1) is 5.92 Å². The van der Waals surface area contributed by atoms with Crippen LogP contribution < -0.4 is 0 Å². The quantitative estimate of drug-likeness (QED) is 0.581. The Hall–Kier alpha value is -1.93. The lowest BCUT2D eigenvalue weighted by atomic mass is 10.1. The summed E-state index contributed by atoms with van der Waals surface area (Å²) in [5.74, 6) is -1.11. The lowest BCUT2D eigenvalue weighted by Gasteiger charge is -2.19. The number of amides is 1. The van der Waals surface area contributed by atoms with Gasteiger partial charge in [-0.2, -0.15) is 0 Å². The van der Waals surface area contributed by atoms with Gasteiger partial charge in [0.2, 0.25) is 0 Å². The summed E-state index contributed by atoms with van der Waals surface area (Å²) in [6, 6.07) is 5.77. The third kappa shape index (κ3) is 4.55. The van der Waals surface area contributed by atoms with E-state index in [1.165, 1.54) is 7.11 Å². The molecular weight excluding hydrogens is 382 g/mol. The fraction of sp³-hybridized carbons (Fsp3) is 0.438. The monoisotopic (exact) mass is 399 g/mol. The number of hydrogen-bond donors (Lipinski definition) is 1. The number of nitrogens with zero attached hydrogens (tertiary/aromatic N) is 1. The zero-order valence-electron chi connectivity index (χ0n) is 13.1. The summed E-state index contributed by atoms with van der Waals surface area (Å²) < 4.78 is 10.9. The molecule has 1 saturated heterocycles. The Kier molecular flexibility index (Phi) is 6.33. The molecule has 1 aliphatic rings. The van der Waals surface area contributed by atoms with Crippen LogP contribution in [0.4, 0.5) is 4.79 Å². The number of ketones is 1. The van der Waals surface area contributed by atoms with Gasteiger partial charge in [0, 0.05) is 29.6 Å². The Labute approximate surface area is 147 Å². The first kappa shape index (κ1) is 18.4. The van der Waals surface area contributed by atoms with Gasteiger partial charge in [-0.05, 0) is 18.6 Å². The molecule has 2 rings (SSSR count). The summed E-state index contributed by atoms with van der Waals surface area (Å²) in [5.41, 5.74) is 0.421. The van der Waals surface area contributed by atoms with Crippen molar-refractivity contribution in [3.63, 3.8) is 0 Å². The normalized spacial score (nSPS) is 20.0. The Balaban J connectivity index is 1.94. The Morgan fingerprint density at radius 3 is 2.54 bits per heavy atom. The molecule has 130 valence electrons. The van der Waals surface area contributed by atoms with E-state index in [0.29, 0.717) is 18.6 Å². The third-order valence-electron chi connectivity index (χ3n) is 3.82. The van der Waals surface area contributed by atoms with Gasteiger partial charge in [0.1, 0.15) is 6.04 Å². The molecule has 8 heteroatoms. The Morgan fingerprint density at radius 1 is 1.29 bits per heavy atom. The molecular formula is C16H18BrNO6. The predicted octanol–water partition coefficient (Wildman–Crippen LogP) is 2.19. The van der Waals surface area contributed by atoms with E-state index in [4.69, 9.17) is 9.47 Å². The van der Waals surface area contributed by atoms with Crippen molar-refractivity contribution in [1.82, 2.24) is 4.90 Å². The largest absolute Gasteiger partial charge is 0.465 e. The van der Waals surface area contributed by atoms with Crippen LogP contribution in [0.15, 0.2) is 28.7 Å². The average Bonchev–Trinajstić information content (AvgIpc) is 2.97. The smallest absolute Gasteiger partial charge is 0.408 e. The fourth-order valence-corrected chi connectivity index (χ4v) is 2.93. The van der Waals surface area contributed by atoms with Crippen LogP contribution in [0.3, 0.4) is 0 Å². The molecule has 1 aliphatic heterocycles. The van der Waals surface area contributed by atoms with Gasteiger partial charge in [0.25, 0.3) is 0 Å². The molecule has 0 aliphatic carbocycles. The number of ether oxygens (including phenoxy) is 2. The minimum absolute atomic E-state index is 0.0641. The Bertz CT molecular complexity index is 617. The van der Waals surface area contributed by atoms with Gasteiger partial charge in [0.15, 0.2) is 12.4 Å². The molecule has 24 heavy (non-hydrogen) atoms. The third-order valence-corrected chi connectivity index (χ3v) is 4.35. The zero-order chi connectivity index (χ0) is 17.7. The van der Waals surface area contributed by atoms with Crippen LogP contribution >= 0.6 is 15.9 Å². The van der Waals surface area contributed by atoms with Crippen LogP contribution in [0.2, 0.25) is 0 Å². The molecule has 1 aromatic rings. The number of carboxylic acid groups (broad SMARTS) is 1. The SMILES string of the molecule is COC[C@H]1C[C@@H](C(=O)OCC(=O)c2ccc(Br)cc2)N(C(=O)O)C1. The number of Topliss-reactive ketones (excluding diaryl/α,β-unsaturated/α-hetero) is 1. The van der Waals surface area contributed by atoms with Crippen molar-refractivity contribution in [2.75, 3.05) is 26.9 Å². The highest BCUT2D eigenvalue weighted by Gasteiger charge is 2.40. The minimum atomic E-state index is -1.19. The van der Waals surface area contributed by atoms with Gasteiger partial charge < -0.3 is 14.6 Å². The average molecular weight is 400 g/mol. The molecule has 0 bridgehead atoms. The second kappa shape index (κ2) is 8.25. The molecule has 0 spiro atoms. The first-order valence-corrected chi connectivity index (χ1v) is 8.15. The van der Waals surface area contributed by atoms with E-state index >= 15 is 0 Å². The maximum absolute atomic E-state index is 12.2. The number of carbonyl (C=O) groups is 3. The molecule has 1 heterocycles. The van der Waals surface area contributed by atoms with E-state index in [-0.39, 0.29) is 18.2 Å².